The summed E-state index contributed by atoms with van der Waals surface area (Å²) in [4.78, 5) is 13.8. The van der Waals surface area contributed by atoms with Crippen LogP contribution in [0.25, 0.3) is 0 Å². The minimum atomic E-state index is -0.782. The molecule has 0 aliphatic carbocycles. The quantitative estimate of drug-likeness (QED) is 0.512. The number of hydrogen-bond acceptors (Lipinski definition) is 4. The molecule has 0 spiro atoms. The van der Waals surface area contributed by atoms with Crippen LogP contribution in [0.5, 0.6) is 11.6 Å². The standard InChI is InChI=1S/C6H6N2O3/c7-6(11)3-2-8-5(10)1-4(3)9/h1-2H,(H2,7,11)(H2,8,9,10). The Labute approximate surface area is 62.1 Å². The lowest BCUT2D eigenvalue weighted by Crippen LogP contribution is -2.11. The number of amides is 1. The Kier molecular flexibility index (Phi) is 1.63. The van der Waals surface area contributed by atoms with Crippen LogP contribution < -0.4 is 5.73 Å². The van der Waals surface area contributed by atoms with Crippen molar-refractivity contribution in [3.8, 4) is 11.6 Å². The fourth-order valence-corrected chi connectivity index (χ4v) is 0.624. The van der Waals surface area contributed by atoms with Crippen molar-refractivity contribution in [2.75, 3.05) is 0 Å². The molecule has 0 atom stereocenters. The SMILES string of the molecule is NC(=O)c1cnc(O)cc1O. The molecule has 4 N–H and O–H groups in total. The van der Waals surface area contributed by atoms with Crippen molar-refractivity contribution in [1.82, 2.24) is 4.98 Å². The zero-order chi connectivity index (χ0) is 8.43. The van der Waals surface area contributed by atoms with Gasteiger partial charge in [-0.3, -0.25) is 4.79 Å². The minimum absolute atomic E-state index is 0.109. The average molecular weight is 154 g/mol. The van der Waals surface area contributed by atoms with E-state index in [-0.39, 0.29) is 17.2 Å². The third-order valence-electron chi connectivity index (χ3n) is 1.13. The molecule has 0 fully saturated rings. The molecule has 1 aromatic heterocycles. The second-order valence-electron chi connectivity index (χ2n) is 1.92. The molecule has 0 aromatic carbocycles. The van der Waals surface area contributed by atoms with Crippen LogP contribution in [0.4, 0.5) is 0 Å². The molecule has 11 heavy (non-hydrogen) atoms. The number of carbonyl (C=O) groups is 1. The van der Waals surface area contributed by atoms with E-state index in [1.165, 1.54) is 0 Å². The van der Waals surface area contributed by atoms with Gasteiger partial charge in [0, 0.05) is 12.3 Å². The Morgan fingerprint density at radius 1 is 1.55 bits per heavy atom. The summed E-state index contributed by atoms with van der Waals surface area (Å²) in [6, 6.07) is 0.945. The van der Waals surface area contributed by atoms with Crippen molar-refractivity contribution in [2.45, 2.75) is 0 Å². The first-order valence-corrected chi connectivity index (χ1v) is 2.79. The van der Waals surface area contributed by atoms with Gasteiger partial charge in [0.05, 0.1) is 5.56 Å². The van der Waals surface area contributed by atoms with Gasteiger partial charge in [-0.15, -0.1) is 0 Å². The van der Waals surface area contributed by atoms with E-state index in [2.05, 4.69) is 4.98 Å². The first-order valence-electron chi connectivity index (χ1n) is 2.79. The Morgan fingerprint density at radius 2 is 2.18 bits per heavy atom. The first-order chi connectivity index (χ1) is 5.11. The third kappa shape index (κ3) is 1.37. The molecule has 0 radical (unpaired) electrons. The third-order valence-corrected chi connectivity index (χ3v) is 1.13. The van der Waals surface area contributed by atoms with E-state index in [9.17, 15) is 4.79 Å². The Hall–Kier alpha value is -1.78. The van der Waals surface area contributed by atoms with Crippen LogP contribution in [0.3, 0.4) is 0 Å². The van der Waals surface area contributed by atoms with Crippen molar-refractivity contribution in [3.05, 3.63) is 17.8 Å². The molecule has 0 saturated heterocycles. The molecule has 0 unspecified atom stereocenters. The molecule has 1 heterocycles. The van der Waals surface area contributed by atoms with E-state index in [0.717, 1.165) is 12.3 Å². The molecule has 1 rings (SSSR count). The number of aromatic nitrogens is 1. The monoisotopic (exact) mass is 154 g/mol. The molecule has 0 aliphatic rings. The van der Waals surface area contributed by atoms with Crippen molar-refractivity contribution in [3.63, 3.8) is 0 Å². The number of carbonyl (C=O) groups excluding carboxylic acids is 1. The fraction of sp³-hybridized carbons (Fsp3) is 0. The molecule has 0 bridgehead atoms. The Balaban J connectivity index is 3.20. The molecular formula is C6H6N2O3. The summed E-state index contributed by atoms with van der Waals surface area (Å²) in [7, 11) is 0. The summed E-state index contributed by atoms with van der Waals surface area (Å²) in [5, 5.41) is 17.7. The van der Waals surface area contributed by atoms with Gasteiger partial charge in [0.2, 0.25) is 5.88 Å². The summed E-state index contributed by atoms with van der Waals surface area (Å²) >= 11 is 0. The zero-order valence-electron chi connectivity index (χ0n) is 5.48. The van der Waals surface area contributed by atoms with E-state index >= 15 is 0 Å². The van der Waals surface area contributed by atoms with Crippen LogP contribution in [0.2, 0.25) is 0 Å². The van der Waals surface area contributed by atoms with Gasteiger partial charge in [-0.05, 0) is 0 Å². The van der Waals surface area contributed by atoms with Crippen LogP contribution in [-0.2, 0) is 0 Å². The summed E-state index contributed by atoms with van der Waals surface area (Å²) in [6.45, 7) is 0. The highest BCUT2D eigenvalue weighted by molar-refractivity contribution is 5.95. The molecule has 0 aliphatic heterocycles. The number of primary amides is 1. The van der Waals surface area contributed by atoms with Crippen LogP contribution in [0, 0.1) is 0 Å². The normalized spacial score (nSPS) is 9.45. The van der Waals surface area contributed by atoms with Crippen LogP contribution >= 0.6 is 0 Å². The molecule has 5 heteroatoms. The molecule has 58 valence electrons. The van der Waals surface area contributed by atoms with Gasteiger partial charge in [0.1, 0.15) is 5.75 Å². The smallest absolute Gasteiger partial charge is 0.254 e. The number of rotatable bonds is 1. The topological polar surface area (TPSA) is 96.4 Å². The van der Waals surface area contributed by atoms with Gasteiger partial charge >= 0.3 is 0 Å². The zero-order valence-corrected chi connectivity index (χ0v) is 5.48. The molecule has 0 saturated carbocycles. The first kappa shape index (κ1) is 7.33. The van der Waals surface area contributed by atoms with Crippen molar-refractivity contribution in [1.29, 1.82) is 0 Å². The van der Waals surface area contributed by atoms with Gasteiger partial charge in [0.25, 0.3) is 5.91 Å². The van der Waals surface area contributed by atoms with E-state index in [4.69, 9.17) is 15.9 Å². The van der Waals surface area contributed by atoms with Crippen LogP contribution in [0.1, 0.15) is 10.4 Å². The highest BCUT2D eigenvalue weighted by Gasteiger charge is 2.07. The Morgan fingerprint density at radius 3 is 2.64 bits per heavy atom. The lowest BCUT2D eigenvalue weighted by atomic mass is 10.2. The van der Waals surface area contributed by atoms with E-state index in [1.54, 1.807) is 0 Å². The number of hydrogen-bond donors (Lipinski definition) is 3. The lowest BCUT2D eigenvalue weighted by Gasteiger charge is -1.97. The van der Waals surface area contributed by atoms with Gasteiger partial charge in [0.15, 0.2) is 0 Å². The van der Waals surface area contributed by atoms with Crippen LogP contribution in [0.15, 0.2) is 12.3 Å². The maximum absolute atomic E-state index is 10.5. The summed E-state index contributed by atoms with van der Waals surface area (Å²) < 4.78 is 0. The maximum Gasteiger partial charge on any atom is 0.254 e. The number of aromatic hydroxyl groups is 2. The molecule has 1 amide bonds. The van der Waals surface area contributed by atoms with E-state index < -0.39 is 5.91 Å². The fourth-order valence-electron chi connectivity index (χ4n) is 0.624. The molecular weight excluding hydrogens is 148 g/mol. The van der Waals surface area contributed by atoms with Gasteiger partial charge in [-0.2, -0.15) is 0 Å². The summed E-state index contributed by atoms with van der Waals surface area (Å²) in [5.74, 6) is -1.51. The predicted molar refractivity (Wildman–Crippen MR) is 36.1 cm³/mol. The molecule has 5 nitrogen and oxygen atoms in total. The van der Waals surface area contributed by atoms with Gasteiger partial charge in [-0.25, -0.2) is 4.98 Å². The second kappa shape index (κ2) is 2.45. The summed E-state index contributed by atoms with van der Waals surface area (Å²) in [6.07, 6.45) is 1.01. The van der Waals surface area contributed by atoms with Crippen molar-refractivity contribution in [2.24, 2.45) is 5.73 Å². The molecule has 1 aromatic rings. The lowest BCUT2D eigenvalue weighted by molar-refractivity contribution is 0.0997. The Bertz CT molecular complexity index is 298. The summed E-state index contributed by atoms with van der Waals surface area (Å²) in [5.41, 5.74) is 4.74. The highest BCUT2D eigenvalue weighted by atomic mass is 16.3. The van der Waals surface area contributed by atoms with Gasteiger partial charge in [-0.1, -0.05) is 0 Å². The minimum Gasteiger partial charge on any atom is -0.507 e. The predicted octanol–water partition coefficient (Wildman–Crippen LogP) is -0.408. The average Bonchev–Trinajstić information content (AvgIpc) is 1.85. The van der Waals surface area contributed by atoms with E-state index in [0.29, 0.717) is 0 Å². The van der Waals surface area contributed by atoms with Gasteiger partial charge < -0.3 is 15.9 Å². The van der Waals surface area contributed by atoms with Crippen LogP contribution in [-0.4, -0.2) is 21.1 Å². The number of nitrogens with two attached hydrogens (primary N) is 1. The van der Waals surface area contributed by atoms with Crippen molar-refractivity contribution >= 4 is 5.91 Å². The number of nitrogens with zero attached hydrogens (tertiary/aromatic N) is 1. The maximum atomic E-state index is 10.5. The second-order valence-corrected chi connectivity index (χ2v) is 1.92. The highest BCUT2D eigenvalue weighted by Crippen LogP contribution is 2.18. The largest absolute Gasteiger partial charge is 0.507 e. The number of pyridine rings is 1. The van der Waals surface area contributed by atoms with E-state index in [1.807, 2.05) is 0 Å². The van der Waals surface area contributed by atoms with Crippen molar-refractivity contribution < 1.29 is 15.0 Å².